The van der Waals surface area contributed by atoms with Crippen LogP contribution in [-0.4, -0.2) is 61.9 Å². The Kier molecular flexibility index (Phi) is 6.20. The molecule has 3 rings (SSSR count). The number of pyridine rings is 1. The molecule has 0 bridgehead atoms. The van der Waals surface area contributed by atoms with Crippen LogP contribution in [0.15, 0.2) is 36.8 Å². The van der Waals surface area contributed by atoms with Crippen LogP contribution in [-0.2, 0) is 0 Å². The lowest BCUT2D eigenvalue weighted by molar-refractivity contribution is -0.00178. The number of fused-ring (bicyclic) bond motifs is 1. The standard InChI is InChI=1S/C19H21F3N6O2/c1-19(2,30)14(20)9-26-18(29)12-8-24-16-6-13(11-4-3-5-23-7-11)27-28(16)17(12)25-10-15(21)22/h3-8,14-15,25,30H,9-10H2,1-2H3,(H,26,29)/t14-/m1/s1. The first-order chi connectivity index (χ1) is 14.2. The van der Waals surface area contributed by atoms with Crippen molar-refractivity contribution < 1.29 is 23.1 Å². The third-order valence-electron chi connectivity index (χ3n) is 4.32. The molecule has 0 saturated carbocycles. The van der Waals surface area contributed by atoms with Crippen LogP contribution >= 0.6 is 0 Å². The molecule has 0 spiro atoms. The number of nitrogens with one attached hydrogen (secondary N) is 2. The predicted molar refractivity (Wildman–Crippen MR) is 104 cm³/mol. The number of halogens is 3. The molecule has 0 aliphatic rings. The maximum atomic E-state index is 14.0. The Labute approximate surface area is 170 Å². The second-order valence-corrected chi connectivity index (χ2v) is 7.16. The number of aromatic nitrogens is 4. The van der Waals surface area contributed by atoms with Crippen LogP contribution in [0, 0.1) is 0 Å². The van der Waals surface area contributed by atoms with Gasteiger partial charge in [-0.25, -0.2) is 18.2 Å². The second kappa shape index (κ2) is 8.66. The van der Waals surface area contributed by atoms with E-state index in [4.69, 9.17) is 0 Å². The second-order valence-electron chi connectivity index (χ2n) is 7.16. The van der Waals surface area contributed by atoms with E-state index in [1.54, 1.807) is 30.6 Å². The SMILES string of the molecule is CC(C)(O)[C@H](F)CNC(=O)c1cnc2cc(-c3cccnc3)nn2c1NCC(F)F. The first-order valence-corrected chi connectivity index (χ1v) is 9.12. The molecule has 160 valence electrons. The van der Waals surface area contributed by atoms with Crippen LogP contribution in [0.4, 0.5) is 19.0 Å². The molecule has 0 radical (unpaired) electrons. The highest BCUT2D eigenvalue weighted by Gasteiger charge is 2.27. The summed E-state index contributed by atoms with van der Waals surface area (Å²) in [6.07, 6.45) is -0.0219. The topological polar surface area (TPSA) is 104 Å². The lowest BCUT2D eigenvalue weighted by Crippen LogP contribution is -2.42. The van der Waals surface area contributed by atoms with Gasteiger partial charge in [0.05, 0.1) is 24.4 Å². The van der Waals surface area contributed by atoms with Crippen molar-refractivity contribution in [3.8, 4) is 11.3 Å². The molecule has 11 heteroatoms. The van der Waals surface area contributed by atoms with Crippen LogP contribution in [0.5, 0.6) is 0 Å². The first kappa shape index (κ1) is 21.5. The number of rotatable bonds is 8. The number of amides is 1. The molecule has 3 aromatic heterocycles. The molecule has 0 aliphatic heterocycles. The van der Waals surface area contributed by atoms with Crippen molar-refractivity contribution in [2.75, 3.05) is 18.4 Å². The molecule has 3 heterocycles. The lowest BCUT2D eigenvalue weighted by atomic mass is 10.0. The van der Waals surface area contributed by atoms with E-state index in [1.807, 2.05) is 0 Å². The Hall–Kier alpha value is -3.21. The molecule has 0 unspecified atom stereocenters. The van der Waals surface area contributed by atoms with Crippen LogP contribution in [0.25, 0.3) is 16.9 Å². The summed E-state index contributed by atoms with van der Waals surface area (Å²) < 4.78 is 40.8. The quantitative estimate of drug-likeness (QED) is 0.515. The molecule has 0 fully saturated rings. The molecule has 3 aromatic rings. The number of carbonyl (C=O) groups is 1. The normalized spacial score (nSPS) is 12.9. The van der Waals surface area contributed by atoms with Gasteiger partial charge in [-0.1, -0.05) is 0 Å². The van der Waals surface area contributed by atoms with Gasteiger partial charge < -0.3 is 15.7 Å². The number of alkyl halides is 3. The number of anilines is 1. The summed E-state index contributed by atoms with van der Waals surface area (Å²) in [7, 11) is 0. The minimum Gasteiger partial charge on any atom is -0.387 e. The molecule has 0 aliphatic carbocycles. The zero-order valence-corrected chi connectivity index (χ0v) is 16.3. The Balaban J connectivity index is 1.96. The van der Waals surface area contributed by atoms with E-state index in [9.17, 15) is 23.1 Å². The largest absolute Gasteiger partial charge is 0.387 e. The van der Waals surface area contributed by atoms with E-state index in [-0.39, 0.29) is 11.4 Å². The number of hydrogen-bond acceptors (Lipinski definition) is 6. The van der Waals surface area contributed by atoms with Crippen LogP contribution in [0.2, 0.25) is 0 Å². The molecule has 1 amide bonds. The highest BCUT2D eigenvalue weighted by atomic mass is 19.3. The van der Waals surface area contributed by atoms with Crippen molar-refractivity contribution in [1.82, 2.24) is 24.9 Å². The zero-order chi connectivity index (χ0) is 21.9. The van der Waals surface area contributed by atoms with Crippen molar-refractivity contribution in [2.24, 2.45) is 0 Å². The number of hydrogen-bond donors (Lipinski definition) is 3. The van der Waals surface area contributed by atoms with E-state index in [2.05, 4.69) is 25.7 Å². The third kappa shape index (κ3) is 4.85. The van der Waals surface area contributed by atoms with Crippen LogP contribution < -0.4 is 10.6 Å². The smallest absolute Gasteiger partial charge is 0.256 e. The van der Waals surface area contributed by atoms with E-state index < -0.39 is 37.2 Å². The van der Waals surface area contributed by atoms with Gasteiger partial charge in [-0.15, -0.1) is 0 Å². The first-order valence-electron chi connectivity index (χ1n) is 9.12. The number of nitrogens with zero attached hydrogens (tertiary/aromatic N) is 4. The fourth-order valence-electron chi connectivity index (χ4n) is 2.63. The third-order valence-corrected chi connectivity index (χ3v) is 4.32. The van der Waals surface area contributed by atoms with Gasteiger partial charge in [-0.05, 0) is 26.0 Å². The minimum absolute atomic E-state index is 0.00777. The van der Waals surface area contributed by atoms with Gasteiger partial charge in [-0.3, -0.25) is 9.78 Å². The average Bonchev–Trinajstić information content (AvgIpc) is 3.14. The van der Waals surface area contributed by atoms with Gasteiger partial charge in [0.15, 0.2) is 5.65 Å². The van der Waals surface area contributed by atoms with E-state index in [1.165, 1.54) is 24.6 Å². The lowest BCUT2D eigenvalue weighted by Gasteiger charge is -2.22. The number of carbonyl (C=O) groups excluding carboxylic acids is 1. The van der Waals surface area contributed by atoms with Gasteiger partial charge in [0.1, 0.15) is 17.6 Å². The molecule has 30 heavy (non-hydrogen) atoms. The van der Waals surface area contributed by atoms with Gasteiger partial charge in [0.2, 0.25) is 0 Å². The summed E-state index contributed by atoms with van der Waals surface area (Å²) >= 11 is 0. The monoisotopic (exact) mass is 422 g/mol. The Bertz CT molecular complexity index is 1020. The molecular formula is C19H21F3N6O2. The summed E-state index contributed by atoms with van der Waals surface area (Å²) in [4.78, 5) is 20.8. The van der Waals surface area contributed by atoms with Crippen molar-refractivity contribution in [1.29, 1.82) is 0 Å². The van der Waals surface area contributed by atoms with E-state index in [0.29, 0.717) is 16.9 Å². The van der Waals surface area contributed by atoms with Gasteiger partial charge >= 0.3 is 0 Å². The van der Waals surface area contributed by atoms with Gasteiger partial charge in [0.25, 0.3) is 12.3 Å². The average molecular weight is 422 g/mol. The molecular weight excluding hydrogens is 401 g/mol. The summed E-state index contributed by atoms with van der Waals surface area (Å²) in [5.74, 6) is -0.752. The number of aliphatic hydroxyl groups is 1. The summed E-state index contributed by atoms with van der Waals surface area (Å²) in [5, 5.41) is 18.9. The Morgan fingerprint density at radius 3 is 2.67 bits per heavy atom. The van der Waals surface area contributed by atoms with Crippen molar-refractivity contribution in [3.05, 3.63) is 42.4 Å². The molecule has 8 nitrogen and oxygen atoms in total. The molecule has 3 N–H and O–H groups in total. The zero-order valence-electron chi connectivity index (χ0n) is 16.3. The van der Waals surface area contributed by atoms with E-state index >= 15 is 0 Å². The Morgan fingerprint density at radius 1 is 1.27 bits per heavy atom. The maximum absolute atomic E-state index is 14.0. The highest BCUT2D eigenvalue weighted by molar-refractivity contribution is 5.99. The minimum atomic E-state index is -2.68. The summed E-state index contributed by atoms with van der Waals surface area (Å²) in [5.41, 5.74) is -0.250. The maximum Gasteiger partial charge on any atom is 0.256 e. The van der Waals surface area contributed by atoms with Gasteiger partial charge in [-0.2, -0.15) is 9.61 Å². The fraction of sp³-hybridized carbons (Fsp3) is 0.368. The van der Waals surface area contributed by atoms with E-state index in [0.717, 1.165) is 0 Å². The van der Waals surface area contributed by atoms with Crippen molar-refractivity contribution in [2.45, 2.75) is 32.0 Å². The highest BCUT2D eigenvalue weighted by Crippen LogP contribution is 2.23. The predicted octanol–water partition coefficient (Wildman–Crippen LogP) is 2.31. The van der Waals surface area contributed by atoms with Gasteiger partial charge in [0, 0.05) is 30.2 Å². The van der Waals surface area contributed by atoms with Crippen molar-refractivity contribution in [3.63, 3.8) is 0 Å². The Morgan fingerprint density at radius 2 is 2.03 bits per heavy atom. The summed E-state index contributed by atoms with van der Waals surface area (Å²) in [6, 6.07) is 5.11. The fourth-order valence-corrected chi connectivity index (χ4v) is 2.63. The van der Waals surface area contributed by atoms with Crippen molar-refractivity contribution >= 4 is 17.4 Å². The van der Waals surface area contributed by atoms with Crippen LogP contribution in [0.3, 0.4) is 0 Å². The molecule has 0 aromatic carbocycles. The molecule has 0 saturated heterocycles. The molecule has 1 atom stereocenters. The summed E-state index contributed by atoms with van der Waals surface area (Å²) in [6.45, 7) is 1.36. The van der Waals surface area contributed by atoms with Crippen LogP contribution in [0.1, 0.15) is 24.2 Å².